The minimum Gasteiger partial charge on any atom is -0.377 e. The average Bonchev–Trinajstić information content (AvgIpc) is 2.92. The van der Waals surface area contributed by atoms with Crippen molar-refractivity contribution >= 4 is 5.95 Å². The highest BCUT2D eigenvalue weighted by molar-refractivity contribution is 5.36. The van der Waals surface area contributed by atoms with Crippen LogP contribution in [0.1, 0.15) is 12.0 Å². The first-order valence-electron chi connectivity index (χ1n) is 7.21. The second-order valence-electron chi connectivity index (χ2n) is 5.99. The third kappa shape index (κ3) is 2.47. The number of nitrogens with zero attached hydrogens (tertiary/aromatic N) is 5. The molecule has 6 nitrogen and oxygen atoms in total. The van der Waals surface area contributed by atoms with Crippen molar-refractivity contribution in [2.75, 3.05) is 24.6 Å². The van der Waals surface area contributed by atoms with E-state index in [2.05, 4.69) is 24.8 Å². The molecule has 1 spiro atoms. The zero-order valence-corrected chi connectivity index (χ0v) is 11.7. The smallest absolute Gasteiger partial charge is 0.225 e. The Labute approximate surface area is 123 Å². The van der Waals surface area contributed by atoms with E-state index in [0.29, 0.717) is 0 Å². The van der Waals surface area contributed by atoms with Gasteiger partial charge in [0.05, 0.1) is 12.7 Å². The van der Waals surface area contributed by atoms with Gasteiger partial charge >= 0.3 is 0 Å². The molecule has 0 aliphatic carbocycles. The summed E-state index contributed by atoms with van der Waals surface area (Å²) in [5.74, 6) is 0.822. The molecular formula is C15H17N5O. The molecule has 0 unspecified atom stereocenters. The zero-order valence-electron chi connectivity index (χ0n) is 11.7. The van der Waals surface area contributed by atoms with Gasteiger partial charge in [-0.05, 0) is 18.1 Å². The molecule has 108 valence electrons. The summed E-state index contributed by atoms with van der Waals surface area (Å²) in [5, 5.41) is 0. The molecule has 0 bridgehead atoms. The lowest BCUT2D eigenvalue weighted by Gasteiger charge is -2.47. The van der Waals surface area contributed by atoms with E-state index in [1.54, 1.807) is 18.7 Å². The predicted molar refractivity (Wildman–Crippen MR) is 76.8 cm³/mol. The summed E-state index contributed by atoms with van der Waals surface area (Å²) in [6.45, 7) is 2.80. The van der Waals surface area contributed by atoms with Gasteiger partial charge in [0, 0.05) is 49.7 Å². The van der Waals surface area contributed by atoms with Gasteiger partial charge in [-0.25, -0.2) is 19.9 Å². The molecule has 0 saturated carbocycles. The van der Waals surface area contributed by atoms with E-state index < -0.39 is 0 Å². The molecule has 2 fully saturated rings. The Kier molecular flexibility index (Phi) is 3.03. The Morgan fingerprint density at radius 2 is 1.95 bits per heavy atom. The number of anilines is 1. The van der Waals surface area contributed by atoms with Gasteiger partial charge in [-0.3, -0.25) is 0 Å². The van der Waals surface area contributed by atoms with Gasteiger partial charge in [-0.1, -0.05) is 0 Å². The van der Waals surface area contributed by atoms with Gasteiger partial charge in [0.15, 0.2) is 0 Å². The molecule has 4 heterocycles. The van der Waals surface area contributed by atoms with Crippen LogP contribution in [0.5, 0.6) is 0 Å². The van der Waals surface area contributed by atoms with Crippen LogP contribution >= 0.6 is 0 Å². The number of ether oxygens (including phenoxy) is 1. The van der Waals surface area contributed by atoms with Crippen LogP contribution in [0.3, 0.4) is 0 Å². The van der Waals surface area contributed by atoms with Crippen LogP contribution in [0.25, 0.3) is 0 Å². The Morgan fingerprint density at radius 3 is 2.71 bits per heavy atom. The fraction of sp³-hybridized carbons (Fsp3) is 0.467. The van der Waals surface area contributed by atoms with Crippen LogP contribution < -0.4 is 4.90 Å². The van der Waals surface area contributed by atoms with Crippen molar-refractivity contribution in [3.8, 4) is 0 Å². The fourth-order valence-corrected chi connectivity index (χ4v) is 3.30. The highest BCUT2D eigenvalue weighted by atomic mass is 16.5. The molecule has 1 atom stereocenters. The lowest BCUT2D eigenvalue weighted by atomic mass is 9.77. The van der Waals surface area contributed by atoms with Crippen LogP contribution in [-0.4, -0.2) is 45.7 Å². The van der Waals surface area contributed by atoms with E-state index >= 15 is 0 Å². The normalized spacial score (nSPS) is 23.2. The molecule has 0 amide bonds. The molecule has 2 aromatic rings. The van der Waals surface area contributed by atoms with Gasteiger partial charge in [0.25, 0.3) is 0 Å². The highest BCUT2D eigenvalue weighted by Crippen LogP contribution is 2.42. The van der Waals surface area contributed by atoms with E-state index in [0.717, 1.165) is 44.0 Å². The van der Waals surface area contributed by atoms with Crippen LogP contribution in [-0.2, 0) is 11.2 Å². The number of hydrogen-bond acceptors (Lipinski definition) is 6. The third-order valence-electron chi connectivity index (χ3n) is 4.25. The van der Waals surface area contributed by atoms with Crippen molar-refractivity contribution in [2.45, 2.75) is 18.9 Å². The maximum atomic E-state index is 5.98. The summed E-state index contributed by atoms with van der Waals surface area (Å²) in [6, 6.07) is 1.84. The molecule has 0 aromatic carbocycles. The summed E-state index contributed by atoms with van der Waals surface area (Å²) < 4.78 is 5.98. The second-order valence-corrected chi connectivity index (χ2v) is 5.99. The highest BCUT2D eigenvalue weighted by Gasteiger charge is 2.49. The third-order valence-corrected chi connectivity index (χ3v) is 4.25. The largest absolute Gasteiger partial charge is 0.377 e. The van der Waals surface area contributed by atoms with Crippen molar-refractivity contribution in [3.63, 3.8) is 0 Å². The first kappa shape index (κ1) is 12.6. The first-order chi connectivity index (χ1) is 10.3. The molecule has 0 radical (unpaired) electrons. The van der Waals surface area contributed by atoms with E-state index in [-0.39, 0.29) is 11.5 Å². The zero-order chi connectivity index (χ0) is 14.1. The maximum Gasteiger partial charge on any atom is 0.225 e. The Balaban J connectivity index is 1.35. The monoisotopic (exact) mass is 283 g/mol. The molecule has 2 saturated heterocycles. The van der Waals surface area contributed by atoms with Crippen LogP contribution in [0.15, 0.2) is 37.2 Å². The van der Waals surface area contributed by atoms with Crippen molar-refractivity contribution in [2.24, 2.45) is 5.41 Å². The Hall–Kier alpha value is -2.08. The molecular weight excluding hydrogens is 266 g/mol. The first-order valence-corrected chi connectivity index (χ1v) is 7.21. The van der Waals surface area contributed by atoms with Gasteiger partial charge in [0.1, 0.15) is 6.33 Å². The van der Waals surface area contributed by atoms with Gasteiger partial charge < -0.3 is 9.64 Å². The fourth-order valence-electron chi connectivity index (χ4n) is 3.30. The molecule has 2 aliphatic heterocycles. The number of aromatic nitrogens is 4. The van der Waals surface area contributed by atoms with Crippen LogP contribution in [0.4, 0.5) is 5.95 Å². The summed E-state index contributed by atoms with van der Waals surface area (Å²) in [6.07, 6.45) is 11.1. The molecule has 0 N–H and O–H groups in total. The molecule has 4 rings (SSSR count). The van der Waals surface area contributed by atoms with E-state index in [4.69, 9.17) is 4.74 Å². The minimum absolute atomic E-state index is 0.273. The summed E-state index contributed by atoms with van der Waals surface area (Å²) in [7, 11) is 0. The SMILES string of the molecule is c1cnc(N2CC3(CO[C@@H](Cc4cncnc4)C3)C2)nc1. The van der Waals surface area contributed by atoms with Gasteiger partial charge in [-0.15, -0.1) is 0 Å². The topological polar surface area (TPSA) is 64.0 Å². The van der Waals surface area contributed by atoms with Crippen molar-refractivity contribution in [1.29, 1.82) is 0 Å². The van der Waals surface area contributed by atoms with E-state index in [1.165, 1.54) is 0 Å². The summed E-state index contributed by atoms with van der Waals surface area (Å²) in [4.78, 5) is 18.9. The lowest BCUT2D eigenvalue weighted by molar-refractivity contribution is 0.0872. The maximum absolute atomic E-state index is 5.98. The number of hydrogen-bond donors (Lipinski definition) is 0. The second kappa shape index (κ2) is 5.04. The van der Waals surface area contributed by atoms with Crippen molar-refractivity contribution in [1.82, 2.24) is 19.9 Å². The summed E-state index contributed by atoms with van der Waals surface area (Å²) in [5.41, 5.74) is 1.42. The molecule has 21 heavy (non-hydrogen) atoms. The summed E-state index contributed by atoms with van der Waals surface area (Å²) >= 11 is 0. The average molecular weight is 283 g/mol. The van der Waals surface area contributed by atoms with Crippen molar-refractivity contribution < 1.29 is 4.74 Å². The van der Waals surface area contributed by atoms with E-state index in [9.17, 15) is 0 Å². The minimum atomic E-state index is 0.273. The Bertz CT molecular complexity index is 600. The lowest BCUT2D eigenvalue weighted by Crippen LogP contribution is -2.57. The van der Waals surface area contributed by atoms with Gasteiger partial charge in [-0.2, -0.15) is 0 Å². The van der Waals surface area contributed by atoms with Crippen molar-refractivity contribution in [3.05, 3.63) is 42.7 Å². The van der Waals surface area contributed by atoms with Crippen LogP contribution in [0.2, 0.25) is 0 Å². The molecule has 6 heteroatoms. The predicted octanol–water partition coefficient (Wildman–Crippen LogP) is 1.10. The molecule has 2 aliphatic rings. The standard InChI is InChI=1S/C15H17N5O/c1-2-18-14(19-3-1)20-8-15(9-20)5-13(21-10-15)4-12-6-16-11-17-7-12/h1-3,6-7,11,13H,4-5,8-10H2/t13-/m0/s1. The molecule has 2 aromatic heterocycles. The van der Waals surface area contributed by atoms with E-state index in [1.807, 2.05) is 18.5 Å². The van der Waals surface area contributed by atoms with Gasteiger partial charge in [0.2, 0.25) is 5.95 Å². The quantitative estimate of drug-likeness (QED) is 0.840. The Morgan fingerprint density at radius 1 is 1.19 bits per heavy atom. The number of rotatable bonds is 3. The van der Waals surface area contributed by atoms with Crippen LogP contribution in [0, 0.1) is 5.41 Å².